The van der Waals surface area contributed by atoms with Crippen molar-refractivity contribution in [3.8, 4) is 0 Å². The number of rotatable bonds is 13. The Morgan fingerprint density at radius 1 is 0.659 bits per heavy atom. The highest BCUT2D eigenvalue weighted by Crippen LogP contribution is 2.42. The van der Waals surface area contributed by atoms with Crippen LogP contribution in [0.3, 0.4) is 0 Å². The van der Waals surface area contributed by atoms with E-state index >= 15 is 0 Å². The molecule has 1 fully saturated rings. The van der Waals surface area contributed by atoms with Crippen molar-refractivity contribution in [2.24, 2.45) is 0 Å². The van der Waals surface area contributed by atoms with Crippen molar-refractivity contribution in [1.82, 2.24) is 0 Å². The molecular formula is C35H38O8S. The van der Waals surface area contributed by atoms with Crippen LogP contribution >= 0.6 is 0 Å². The average Bonchev–Trinajstić information content (AvgIpc) is 3.06. The Hall–Kier alpha value is -3.41. The van der Waals surface area contributed by atoms with Crippen molar-refractivity contribution < 1.29 is 37.6 Å². The molecule has 4 aromatic rings. The molecule has 4 aromatic carbocycles. The Kier molecular flexibility index (Phi) is 10.6. The van der Waals surface area contributed by atoms with E-state index in [1.807, 2.05) is 91.0 Å². The number of hydrogen-bond acceptors (Lipinski definition) is 8. The van der Waals surface area contributed by atoms with Crippen molar-refractivity contribution in [3.63, 3.8) is 0 Å². The standard InChI is InChI=1S/C35H38O8S/c1-40-32-30(36)31(42-23-27-16-8-3-9-17-27)33(43-24-28-18-10-4-11-19-28)35(37,25-41-22-26-14-6-2-7-15-26)34(32)44(38,39)29-20-12-5-13-21-29/h2-21,30-34,36-37H,22-25H2,1H3/t30-,31+,32-,33+,34+,35-/m1/s1. The number of sulfone groups is 1. The molecule has 0 aliphatic heterocycles. The molecule has 44 heavy (non-hydrogen) atoms. The van der Waals surface area contributed by atoms with E-state index in [9.17, 15) is 18.6 Å². The van der Waals surface area contributed by atoms with Gasteiger partial charge in [-0.05, 0) is 28.8 Å². The largest absolute Gasteiger partial charge is 0.388 e. The van der Waals surface area contributed by atoms with Crippen molar-refractivity contribution in [1.29, 1.82) is 0 Å². The fourth-order valence-electron chi connectivity index (χ4n) is 5.76. The lowest BCUT2D eigenvalue weighted by atomic mass is 9.76. The van der Waals surface area contributed by atoms with Crippen LogP contribution in [0.5, 0.6) is 0 Å². The molecule has 0 spiro atoms. The fourth-order valence-corrected chi connectivity index (χ4v) is 7.96. The van der Waals surface area contributed by atoms with Gasteiger partial charge in [0.25, 0.3) is 0 Å². The van der Waals surface area contributed by atoms with Gasteiger partial charge in [0.2, 0.25) is 0 Å². The zero-order valence-electron chi connectivity index (χ0n) is 24.5. The van der Waals surface area contributed by atoms with Gasteiger partial charge in [-0.15, -0.1) is 0 Å². The Morgan fingerprint density at radius 2 is 1.11 bits per heavy atom. The number of hydrogen-bond donors (Lipinski definition) is 2. The number of aliphatic hydroxyl groups excluding tert-OH is 1. The van der Waals surface area contributed by atoms with Gasteiger partial charge in [-0.1, -0.05) is 109 Å². The summed E-state index contributed by atoms with van der Waals surface area (Å²) >= 11 is 0. The molecule has 1 saturated carbocycles. The van der Waals surface area contributed by atoms with Crippen LogP contribution in [0, 0.1) is 0 Å². The minimum absolute atomic E-state index is 0.0220. The molecule has 0 amide bonds. The second-order valence-corrected chi connectivity index (χ2v) is 13.0. The van der Waals surface area contributed by atoms with Crippen LogP contribution in [0.15, 0.2) is 126 Å². The summed E-state index contributed by atoms with van der Waals surface area (Å²) in [4.78, 5) is -0.0220. The van der Waals surface area contributed by atoms with Gasteiger partial charge >= 0.3 is 0 Å². The maximum Gasteiger partial charge on any atom is 0.186 e. The van der Waals surface area contributed by atoms with Crippen LogP contribution in [-0.2, 0) is 48.6 Å². The Balaban J connectivity index is 1.57. The summed E-state index contributed by atoms with van der Waals surface area (Å²) in [5.74, 6) is 0. The molecule has 6 atom stereocenters. The van der Waals surface area contributed by atoms with E-state index in [1.165, 1.54) is 19.2 Å². The summed E-state index contributed by atoms with van der Waals surface area (Å²) in [6.07, 6.45) is -5.34. The second kappa shape index (κ2) is 14.6. The highest BCUT2D eigenvalue weighted by molar-refractivity contribution is 7.92. The summed E-state index contributed by atoms with van der Waals surface area (Å²) in [7, 11) is -3.00. The molecule has 1 aliphatic carbocycles. The Bertz CT molecular complexity index is 1540. The first kappa shape index (κ1) is 32.0. The second-order valence-electron chi connectivity index (χ2n) is 10.9. The van der Waals surface area contributed by atoms with Gasteiger partial charge in [-0.3, -0.25) is 0 Å². The smallest absolute Gasteiger partial charge is 0.186 e. The molecule has 1 aliphatic rings. The maximum atomic E-state index is 14.4. The van der Waals surface area contributed by atoms with Gasteiger partial charge in [-0.25, -0.2) is 8.42 Å². The van der Waals surface area contributed by atoms with Crippen molar-refractivity contribution in [2.75, 3.05) is 13.7 Å². The summed E-state index contributed by atoms with van der Waals surface area (Å²) in [6.45, 7) is -0.209. The first-order valence-electron chi connectivity index (χ1n) is 14.5. The van der Waals surface area contributed by atoms with Gasteiger partial charge < -0.3 is 29.2 Å². The lowest BCUT2D eigenvalue weighted by molar-refractivity contribution is -0.263. The minimum atomic E-state index is -4.32. The summed E-state index contributed by atoms with van der Waals surface area (Å²) in [6, 6.07) is 35.9. The van der Waals surface area contributed by atoms with E-state index in [1.54, 1.807) is 18.2 Å². The average molecular weight is 619 g/mol. The highest BCUT2D eigenvalue weighted by Gasteiger charge is 2.65. The molecule has 232 valence electrons. The first-order valence-corrected chi connectivity index (χ1v) is 16.0. The zero-order chi connectivity index (χ0) is 31.0. The van der Waals surface area contributed by atoms with E-state index < -0.39 is 51.7 Å². The quantitative estimate of drug-likeness (QED) is 0.228. The van der Waals surface area contributed by atoms with Crippen LogP contribution in [0.25, 0.3) is 0 Å². The molecule has 9 heteroatoms. The van der Waals surface area contributed by atoms with Crippen molar-refractivity contribution in [2.45, 2.75) is 60.0 Å². The first-order chi connectivity index (χ1) is 21.3. The lowest BCUT2D eigenvalue weighted by Gasteiger charge is -2.52. The monoisotopic (exact) mass is 618 g/mol. The Labute approximate surface area is 258 Å². The van der Waals surface area contributed by atoms with Crippen LogP contribution in [-0.4, -0.2) is 67.6 Å². The molecule has 5 rings (SSSR count). The lowest BCUT2D eigenvalue weighted by Crippen LogP contribution is -2.75. The topological polar surface area (TPSA) is 112 Å². The summed E-state index contributed by atoms with van der Waals surface area (Å²) in [5, 5.41) is 22.8. The molecule has 0 radical (unpaired) electrons. The maximum absolute atomic E-state index is 14.4. The minimum Gasteiger partial charge on any atom is -0.388 e. The predicted octanol–water partition coefficient (Wildman–Crippen LogP) is 4.34. The number of ether oxygens (including phenoxy) is 4. The van der Waals surface area contributed by atoms with Gasteiger partial charge in [0.05, 0.1) is 31.3 Å². The number of benzene rings is 4. The summed E-state index contributed by atoms with van der Waals surface area (Å²) in [5.41, 5.74) is 0.266. The van der Waals surface area contributed by atoms with Crippen molar-refractivity contribution >= 4 is 9.84 Å². The molecule has 0 unspecified atom stereocenters. The zero-order valence-corrected chi connectivity index (χ0v) is 25.3. The van der Waals surface area contributed by atoms with Gasteiger partial charge in [0.15, 0.2) is 9.84 Å². The molecular weight excluding hydrogens is 580 g/mol. The fraction of sp³-hybridized carbons (Fsp3) is 0.314. The highest BCUT2D eigenvalue weighted by atomic mass is 32.2. The van der Waals surface area contributed by atoms with Crippen LogP contribution < -0.4 is 0 Å². The third-order valence-corrected chi connectivity index (χ3v) is 10.2. The Morgan fingerprint density at radius 3 is 1.61 bits per heavy atom. The van der Waals surface area contributed by atoms with E-state index in [0.717, 1.165) is 16.7 Å². The molecule has 8 nitrogen and oxygen atoms in total. The molecule has 2 N–H and O–H groups in total. The van der Waals surface area contributed by atoms with E-state index in [0.29, 0.717) is 0 Å². The predicted molar refractivity (Wildman–Crippen MR) is 165 cm³/mol. The third-order valence-electron chi connectivity index (χ3n) is 7.94. The van der Waals surface area contributed by atoms with E-state index in [4.69, 9.17) is 18.9 Å². The number of methoxy groups -OCH3 is 1. The van der Waals surface area contributed by atoms with Gasteiger partial charge in [0, 0.05) is 7.11 Å². The SMILES string of the molecule is CO[C@@H]1[C@H](O)[C@H](OCc2ccccc2)[C@H](OCc2ccccc2)[C@](O)(COCc2ccccc2)[C@H]1S(=O)(=O)c1ccccc1. The van der Waals surface area contributed by atoms with Crippen LogP contribution in [0.4, 0.5) is 0 Å². The van der Waals surface area contributed by atoms with Crippen molar-refractivity contribution in [3.05, 3.63) is 138 Å². The molecule has 0 saturated heterocycles. The van der Waals surface area contributed by atoms with Crippen LogP contribution in [0.2, 0.25) is 0 Å². The third kappa shape index (κ3) is 7.11. The normalized spacial score (nSPS) is 25.5. The van der Waals surface area contributed by atoms with Crippen LogP contribution in [0.1, 0.15) is 16.7 Å². The molecule has 0 bridgehead atoms. The van der Waals surface area contributed by atoms with Gasteiger partial charge in [-0.2, -0.15) is 0 Å². The summed E-state index contributed by atoms with van der Waals surface area (Å²) < 4.78 is 53.1. The van der Waals surface area contributed by atoms with Gasteiger partial charge in [0.1, 0.15) is 35.3 Å². The molecule has 0 heterocycles. The van der Waals surface area contributed by atoms with E-state index in [2.05, 4.69) is 0 Å². The molecule has 0 aromatic heterocycles. The van der Waals surface area contributed by atoms with E-state index in [-0.39, 0.29) is 24.7 Å². The number of aliphatic hydroxyl groups is 2.